The highest BCUT2D eigenvalue weighted by Gasteiger charge is 2.32. The SMILES string of the molecule is CCC1=C(C(=O)OC)C(c2ccc(Oc3cccc(C)c3C)cc2)NC(=O)N1. The molecule has 2 N–H and O–H groups in total. The number of hydrogen-bond acceptors (Lipinski definition) is 4. The lowest BCUT2D eigenvalue weighted by molar-refractivity contribution is -0.136. The van der Waals surface area contributed by atoms with Gasteiger partial charge in [-0.3, -0.25) is 0 Å². The molecule has 28 heavy (non-hydrogen) atoms. The second-order valence-corrected chi connectivity index (χ2v) is 6.64. The number of allylic oxidation sites excluding steroid dienone is 1. The van der Waals surface area contributed by atoms with E-state index in [1.54, 1.807) is 0 Å². The van der Waals surface area contributed by atoms with Gasteiger partial charge in [0.05, 0.1) is 18.7 Å². The summed E-state index contributed by atoms with van der Waals surface area (Å²) in [5.74, 6) is 1.01. The van der Waals surface area contributed by atoms with Crippen LogP contribution < -0.4 is 15.4 Å². The summed E-state index contributed by atoms with van der Waals surface area (Å²) in [6, 6.07) is 12.3. The number of esters is 1. The molecule has 2 aromatic carbocycles. The Morgan fingerprint density at radius 2 is 1.82 bits per heavy atom. The Morgan fingerprint density at radius 3 is 2.46 bits per heavy atom. The van der Waals surface area contributed by atoms with Crippen LogP contribution in [0.3, 0.4) is 0 Å². The van der Waals surface area contributed by atoms with Crippen molar-refractivity contribution in [2.75, 3.05) is 7.11 Å². The highest BCUT2D eigenvalue weighted by molar-refractivity contribution is 5.95. The van der Waals surface area contributed by atoms with Gasteiger partial charge in [-0.1, -0.05) is 31.2 Å². The zero-order chi connectivity index (χ0) is 20.3. The van der Waals surface area contributed by atoms with Gasteiger partial charge in [0.2, 0.25) is 0 Å². The first-order valence-corrected chi connectivity index (χ1v) is 9.17. The molecule has 0 saturated carbocycles. The van der Waals surface area contributed by atoms with Crippen molar-refractivity contribution in [2.45, 2.75) is 33.2 Å². The van der Waals surface area contributed by atoms with Crippen LogP contribution in [0, 0.1) is 13.8 Å². The van der Waals surface area contributed by atoms with Crippen LogP contribution in [0.1, 0.15) is 36.1 Å². The van der Waals surface area contributed by atoms with Crippen LogP contribution in [-0.4, -0.2) is 19.1 Å². The Kier molecular flexibility index (Phi) is 5.68. The molecule has 0 aromatic heterocycles. The lowest BCUT2D eigenvalue weighted by Gasteiger charge is -2.28. The Morgan fingerprint density at radius 1 is 1.11 bits per heavy atom. The first kappa shape index (κ1) is 19.5. The van der Waals surface area contributed by atoms with E-state index in [4.69, 9.17) is 9.47 Å². The average molecular weight is 380 g/mol. The minimum Gasteiger partial charge on any atom is -0.466 e. The molecule has 1 unspecified atom stereocenters. The summed E-state index contributed by atoms with van der Waals surface area (Å²) >= 11 is 0. The van der Waals surface area contributed by atoms with Gasteiger partial charge in [0, 0.05) is 5.70 Å². The topological polar surface area (TPSA) is 76.7 Å². The number of methoxy groups -OCH3 is 1. The molecule has 146 valence electrons. The number of rotatable bonds is 5. The molecule has 2 amide bonds. The highest BCUT2D eigenvalue weighted by atomic mass is 16.5. The minimum absolute atomic E-state index is 0.342. The molecular weight excluding hydrogens is 356 g/mol. The number of benzene rings is 2. The van der Waals surface area contributed by atoms with Crippen LogP contribution >= 0.6 is 0 Å². The average Bonchev–Trinajstić information content (AvgIpc) is 2.70. The van der Waals surface area contributed by atoms with Crippen LogP contribution in [0.15, 0.2) is 53.7 Å². The molecule has 0 spiro atoms. The summed E-state index contributed by atoms with van der Waals surface area (Å²) in [6.07, 6.45) is 0.516. The lowest BCUT2D eigenvalue weighted by Crippen LogP contribution is -2.45. The maximum atomic E-state index is 12.3. The van der Waals surface area contributed by atoms with Gasteiger partial charge in [0.1, 0.15) is 11.5 Å². The quantitative estimate of drug-likeness (QED) is 0.759. The van der Waals surface area contributed by atoms with Gasteiger partial charge in [-0.25, -0.2) is 9.59 Å². The third-order valence-electron chi connectivity index (χ3n) is 4.91. The van der Waals surface area contributed by atoms with Crippen molar-refractivity contribution in [1.82, 2.24) is 10.6 Å². The maximum Gasteiger partial charge on any atom is 0.337 e. The molecule has 0 fully saturated rings. The van der Waals surface area contributed by atoms with Crippen LogP contribution in [0.5, 0.6) is 11.5 Å². The van der Waals surface area contributed by atoms with Gasteiger partial charge >= 0.3 is 12.0 Å². The number of amides is 2. The van der Waals surface area contributed by atoms with E-state index in [9.17, 15) is 9.59 Å². The van der Waals surface area contributed by atoms with Crippen molar-refractivity contribution in [3.05, 3.63) is 70.4 Å². The third-order valence-corrected chi connectivity index (χ3v) is 4.91. The normalized spacial score (nSPS) is 16.3. The predicted molar refractivity (Wildman–Crippen MR) is 106 cm³/mol. The van der Waals surface area contributed by atoms with E-state index in [0.29, 0.717) is 23.4 Å². The second kappa shape index (κ2) is 8.17. The zero-order valence-corrected chi connectivity index (χ0v) is 16.5. The van der Waals surface area contributed by atoms with Crippen molar-refractivity contribution in [3.8, 4) is 11.5 Å². The van der Waals surface area contributed by atoms with Crippen molar-refractivity contribution in [3.63, 3.8) is 0 Å². The molecule has 6 nitrogen and oxygen atoms in total. The van der Waals surface area contributed by atoms with Crippen molar-refractivity contribution < 1.29 is 19.1 Å². The summed E-state index contributed by atoms with van der Waals surface area (Å²) in [6.45, 7) is 5.93. The zero-order valence-electron chi connectivity index (χ0n) is 16.5. The Labute approximate surface area is 164 Å². The molecule has 0 radical (unpaired) electrons. The highest BCUT2D eigenvalue weighted by Crippen LogP contribution is 2.31. The van der Waals surface area contributed by atoms with E-state index in [0.717, 1.165) is 22.4 Å². The van der Waals surface area contributed by atoms with Crippen molar-refractivity contribution in [1.29, 1.82) is 0 Å². The van der Waals surface area contributed by atoms with E-state index in [1.807, 2.05) is 63.2 Å². The van der Waals surface area contributed by atoms with Crippen molar-refractivity contribution >= 4 is 12.0 Å². The Hall–Kier alpha value is -3.28. The van der Waals surface area contributed by atoms with Gasteiger partial charge in [0.15, 0.2) is 0 Å². The Balaban J connectivity index is 1.90. The maximum absolute atomic E-state index is 12.3. The molecule has 1 atom stereocenters. The second-order valence-electron chi connectivity index (χ2n) is 6.64. The summed E-state index contributed by atoms with van der Waals surface area (Å²) in [5, 5.41) is 5.49. The number of aryl methyl sites for hydroxylation is 1. The molecule has 0 bridgehead atoms. The van der Waals surface area contributed by atoms with Gasteiger partial charge in [0.25, 0.3) is 0 Å². The van der Waals surface area contributed by atoms with Gasteiger partial charge in [-0.15, -0.1) is 0 Å². The van der Waals surface area contributed by atoms with Crippen LogP contribution in [0.4, 0.5) is 4.79 Å². The third kappa shape index (κ3) is 3.86. The molecule has 1 aliphatic heterocycles. The molecular formula is C22H24N2O4. The number of carbonyl (C=O) groups excluding carboxylic acids is 2. The van der Waals surface area contributed by atoms with Crippen LogP contribution in [0.25, 0.3) is 0 Å². The largest absolute Gasteiger partial charge is 0.466 e. The first-order valence-electron chi connectivity index (χ1n) is 9.17. The molecule has 3 rings (SSSR count). The number of carbonyl (C=O) groups is 2. The van der Waals surface area contributed by atoms with Gasteiger partial charge in [-0.05, 0) is 55.2 Å². The van der Waals surface area contributed by atoms with E-state index >= 15 is 0 Å². The Bertz CT molecular complexity index is 932. The number of ether oxygens (including phenoxy) is 2. The van der Waals surface area contributed by atoms with Crippen LogP contribution in [-0.2, 0) is 9.53 Å². The summed E-state index contributed by atoms with van der Waals surface area (Å²) in [7, 11) is 1.33. The smallest absolute Gasteiger partial charge is 0.337 e. The monoisotopic (exact) mass is 380 g/mol. The molecule has 0 saturated heterocycles. The molecule has 6 heteroatoms. The van der Waals surface area contributed by atoms with Gasteiger partial charge in [-0.2, -0.15) is 0 Å². The summed E-state index contributed by atoms with van der Waals surface area (Å²) in [5.41, 5.74) is 3.99. The number of nitrogens with one attached hydrogen (secondary N) is 2. The van der Waals surface area contributed by atoms with Crippen LogP contribution in [0.2, 0.25) is 0 Å². The number of urea groups is 1. The van der Waals surface area contributed by atoms with E-state index < -0.39 is 12.0 Å². The number of hydrogen-bond donors (Lipinski definition) is 2. The first-order chi connectivity index (χ1) is 13.4. The molecule has 1 aliphatic rings. The van der Waals surface area contributed by atoms with E-state index in [1.165, 1.54) is 7.11 Å². The fourth-order valence-electron chi connectivity index (χ4n) is 3.19. The van der Waals surface area contributed by atoms with Crippen molar-refractivity contribution in [2.24, 2.45) is 0 Å². The minimum atomic E-state index is -0.578. The molecule has 1 heterocycles. The molecule has 0 aliphatic carbocycles. The standard InChI is InChI=1S/C22H24N2O4/c1-5-17-19(21(25)27-4)20(24-22(26)23-17)15-9-11-16(12-10-15)28-18-8-6-7-13(2)14(18)3/h6-12,20H,5H2,1-4H3,(H2,23,24,26). The fraction of sp³-hybridized carbons (Fsp3) is 0.273. The van der Waals surface area contributed by atoms with E-state index in [2.05, 4.69) is 10.6 Å². The fourth-order valence-corrected chi connectivity index (χ4v) is 3.19. The lowest BCUT2D eigenvalue weighted by atomic mass is 9.94. The van der Waals surface area contributed by atoms with Gasteiger partial charge < -0.3 is 20.1 Å². The summed E-state index contributed by atoms with van der Waals surface area (Å²) in [4.78, 5) is 24.3. The predicted octanol–water partition coefficient (Wildman–Crippen LogP) is 4.29. The molecule has 2 aromatic rings. The summed E-state index contributed by atoms with van der Waals surface area (Å²) < 4.78 is 10.9. The van der Waals surface area contributed by atoms with E-state index in [-0.39, 0.29) is 6.03 Å².